The number of carbonyl (C=O) groups excluding carboxylic acids is 1. The molecule has 0 aliphatic rings. The average Bonchev–Trinajstić information content (AvgIpc) is 2.23. The van der Waals surface area contributed by atoms with E-state index in [1.807, 2.05) is 13.8 Å². The van der Waals surface area contributed by atoms with Crippen molar-refractivity contribution in [3.8, 4) is 0 Å². The number of carboxylic acids is 2. The van der Waals surface area contributed by atoms with E-state index >= 15 is 0 Å². The summed E-state index contributed by atoms with van der Waals surface area (Å²) in [6, 6.07) is -1.19. The molecule has 0 spiro atoms. The van der Waals surface area contributed by atoms with Gasteiger partial charge >= 0.3 is 11.9 Å². The molecule has 0 bridgehead atoms. The fourth-order valence-electron chi connectivity index (χ4n) is 1.49. The molecule has 0 aliphatic carbocycles. The molecule has 7 nitrogen and oxygen atoms in total. The Morgan fingerprint density at radius 2 is 1.78 bits per heavy atom. The average molecular weight is 260 g/mol. The molecule has 7 heteroatoms. The summed E-state index contributed by atoms with van der Waals surface area (Å²) >= 11 is 0. The highest BCUT2D eigenvalue weighted by atomic mass is 16.4. The second-order valence-corrected chi connectivity index (χ2v) is 4.42. The van der Waals surface area contributed by atoms with Gasteiger partial charge in [0.2, 0.25) is 5.91 Å². The first kappa shape index (κ1) is 16.4. The van der Waals surface area contributed by atoms with Crippen LogP contribution >= 0.6 is 0 Å². The Hall–Kier alpha value is -1.63. The molecule has 2 atom stereocenters. The third-order valence-corrected chi connectivity index (χ3v) is 2.66. The Bertz CT molecular complexity index is 317. The lowest BCUT2D eigenvalue weighted by molar-refractivity contribution is -0.143. The second kappa shape index (κ2) is 7.65. The van der Waals surface area contributed by atoms with Crippen molar-refractivity contribution in [2.24, 2.45) is 17.6 Å². The van der Waals surface area contributed by atoms with Crippen molar-refractivity contribution >= 4 is 17.8 Å². The lowest BCUT2D eigenvalue weighted by Gasteiger charge is -2.21. The van der Waals surface area contributed by atoms with Crippen LogP contribution in [0.25, 0.3) is 0 Å². The first-order chi connectivity index (χ1) is 8.29. The van der Waals surface area contributed by atoms with Crippen LogP contribution in [0, 0.1) is 11.8 Å². The standard InChI is InChI=1S/C11H20N2O5/c1-6(2)7(5-12)10(16)13-8(11(17)18)3-4-9(14)15/h6-8H,3-5,12H2,1-2H3,(H,13,16)(H,14,15)(H,17,18). The molecule has 0 aromatic carbocycles. The van der Waals surface area contributed by atoms with E-state index in [4.69, 9.17) is 15.9 Å². The van der Waals surface area contributed by atoms with Gasteiger partial charge in [0.25, 0.3) is 0 Å². The summed E-state index contributed by atoms with van der Waals surface area (Å²) in [6.45, 7) is 3.74. The predicted octanol–water partition coefficient (Wildman–Crippen LogP) is -0.348. The highest BCUT2D eigenvalue weighted by molar-refractivity contribution is 5.85. The van der Waals surface area contributed by atoms with Gasteiger partial charge in [-0.05, 0) is 12.3 Å². The number of carboxylic acid groups (broad SMARTS) is 2. The Morgan fingerprint density at radius 3 is 2.11 bits per heavy atom. The molecule has 0 fully saturated rings. The topological polar surface area (TPSA) is 130 Å². The summed E-state index contributed by atoms with van der Waals surface area (Å²) < 4.78 is 0. The minimum atomic E-state index is -1.25. The molecule has 0 rings (SSSR count). The SMILES string of the molecule is CC(C)C(CN)C(=O)NC(CCC(=O)O)C(=O)O. The molecule has 104 valence electrons. The van der Waals surface area contributed by atoms with E-state index in [2.05, 4.69) is 5.32 Å². The summed E-state index contributed by atoms with van der Waals surface area (Å²) in [5.74, 6) is -3.29. The number of rotatable bonds is 8. The van der Waals surface area contributed by atoms with Crippen molar-refractivity contribution in [2.45, 2.75) is 32.7 Å². The van der Waals surface area contributed by atoms with Gasteiger partial charge in [0.15, 0.2) is 0 Å². The van der Waals surface area contributed by atoms with E-state index in [0.29, 0.717) is 0 Å². The lowest BCUT2D eigenvalue weighted by atomic mass is 9.94. The summed E-state index contributed by atoms with van der Waals surface area (Å²) in [4.78, 5) is 33.0. The van der Waals surface area contributed by atoms with Crippen LogP contribution < -0.4 is 11.1 Å². The fourth-order valence-corrected chi connectivity index (χ4v) is 1.49. The molecular formula is C11H20N2O5. The molecule has 0 aliphatic heterocycles. The number of nitrogens with two attached hydrogens (primary N) is 1. The Balaban J connectivity index is 4.53. The molecule has 0 saturated carbocycles. The number of carbonyl (C=O) groups is 3. The highest BCUT2D eigenvalue weighted by Gasteiger charge is 2.26. The van der Waals surface area contributed by atoms with E-state index in [9.17, 15) is 14.4 Å². The molecule has 0 radical (unpaired) electrons. The number of aliphatic carboxylic acids is 2. The van der Waals surface area contributed by atoms with E-state index in [1.54, 1.807) is 0 Å². The summed E-state index contributed by atoms with van der Waals surface area (Å²) in [6.07, 6.45) is -0.460. The zero-order chi connectivity index (χ0) is 14.3. The molecule has 0 aromatic heterocycles. The zero-order valence-corrected chi connectivity index (χ0v) is 10.5. The molecule has 2 unspecified atom stereocenters. The summed E-state index contributed by atoms with van der Waals surface area (Å²) in [5, 5.41) is 19.7. The van der Waals surface area contributed by atoms with Crippen molar-refractivity contribution in [2.75, 3.05) is 6.54 Å². The largest absolute Gasteiger partial charge is 0.481 e. The fraction of sp³-hybridized carbons (Fsp3) is 0.727. The molecular weight excluding hydrogens is 240 g/mol. The number of amides is 1. The molecule has 0 aromatic rings. The van der Waals surface area contributed by atoms with Crippen LogP contribution in [0.3, 0.4) is 0 Å². The third kappa shape index (κ3) is 5.62. The van der Waals surface area contributed by atoms with Gasteiger partial charge in [-0.15, -0.1) is 0 Å². The third-order valence-electron chi connectivity index (χ3n) is 2.66. The van der Waals surface area contributed by atoms with Crippen molar-refractivity contribution in [1.82, 2.24) is 5.32 Å². The molecule has 0 heterocycles. The second-order valence-electron chi connectivity index (χ2n) is 4.42. The predicted molar refractivity (Wildman–Crippen MR) is 63.8 cm³/mol. The smallest absolute Gasteiger partial charge is 0.326 e. The maximum Gasteiger partial charge on any atom is 0.326 e. The van der Waals surface area contributed by atoms with Gasteiger partial charge in [0.05, 0.1) is 5.92 Å². The van der Waals surface area contributed by atoms with Gasteiger partial charge in [-0.3, -0.25) is 9.59 Å². The maximum atomic E-state index is 11.8. The van der Waals surface area contributed by atoms with Crippen molar-refractivity contribution in [3.05, 3.63) is 0 Å². The van der Waals surface area contributed by atoms with E-state index in [1.165, 1.54) is 0 Å². The van der Waals surface area contributed by atoms with E-state index < -0.39 is 29.8 Å². The Kier molecular flexibility index (Phi) is 6.96. The normalized spacial score (nSPS) is 14.0. The van der Waals surface area contributed by atoms with Gasteiger partial charge in [-0.2, -0.15) is 0 Å². The van der Waals surface area contributed by atoms with Crippen LogP contribution in [0.1, 0.15) is 26.7 Å². The molecule has 5 N–H and O–H groups in total. The van der Waals surface area contributed by atoms with E-state index in [0.717, 1.165) is 0 Å². The quantitative estimate of drug-likeness (QED) is 0.472. The van der Waals surface area contributed by atoms with E-state index in [-0.39, 0.29) is 25.3 Å². The first-order valence-corrected chi connectivity index (χ1v) is 5.74. The molecule has 0 saturated heterocycles. The van der Waals surface area contributed by atoms with Crippen LogP contribution in [-0.2, 0) is 14.4 Å². The van der Waals surface area contributed by atoms with Crippen molar-refractivity contribution in [3.63, 3.8) is 0 Å². The van der Waals surface area contributed by atoms with Gasteiger partial charge in [-0.25, -0.2) is 4.79 Å². The Morgan fingerprint density at radius 1 is 1.22 bits per heavy atom. The van der Waals surface area contributed by atoms with Crippen molar-refractivity contribution < 1.29 is 24.6 Å². The first-order valence-electron chi connectivity index (χ1n) is 5.74. The van der Waals surface area contributed by atoms with Gasteiger partial charge in [0, 0.05) is 13.0 Å². The highest BCUT2D eigenvalue weighted by Crippen LogP contribution is 2.10. The van der Waals surface area contributed by atoms with Gasteiger partial charge < -0.3 is 21.3 Å². The van der Waals surface area contributed by atoms with Crippen LogP contribution in [0.4, 0.5) is 0 Å². The minimum Gasteiger partial charge on any atom is -0.481 e. The monoisotopic (exact) mass is 260 g/mol. The van der Waals surface area contributed by atoms with Crippen LogP contribution in [0.5, 0.6) is 0 Å². The van der Waals surface area contributed by atoms with Gasteiger partial charge in [-0.1, -0.05) is 13.8 Å². The number of hydrogen-bond donors (Lipinski definition) is 4. The van der Waals surface area contributed by atoms with Crippen LogP contribution in [0.15, 0.2) is 0 Å². The minimum absolute atomic E-state index is 0.0103. The Labute approximate surface area is 105 Å². The van der Waals surface area contributed by atoms with Crippen LogP contribution in [0.2, 0.25) is 0 Å². The summed E-state index contributed by atoms with van der Waals surface area (Å²) in [5.41, 5.74) is 5.45. The number of hydrogen-bond acceptors (Lipinski definition) is 4. The van der Waals surface area contributed by atoms with Crippen molar-refractivity contribution in [1.29, 1.82) is 0 Å². The summed E-state index contributed by atoms with van der Waals surface area (Å²) in [7, 11) is 0. The lowest BCUT2D eigenvalue weighted by Crippen LogP contribution is -2.46. The number of nitrogens with one attached hydrogen (secondary N) is 1. The van der Waals surface area contributed by atoms with Crippen LogP contribution in [-0.4, -0.2) is 40.6 Å². The maximum absolute atomic E-state index is 11.8. The van der Waals surface area contributed by atoms with Gasteiger partial charge in [0.1, 0.15) is 6.04 Å². The zero-order valence-electron chi connectivity index (χ0n) is 10.5. The molecule has 18 heavy (non-hydrogen) atoms. The molecule has 1 amide bonds.